The van der Waals surface area contributed by atoms with Crippen molar-refractivity contribution in [3.63, 3.8) is 0 Å². The van der Waals surface area contributed by atoms with Crippen molar-refractivity contribution < 1.29 is 27.4 Å². The summed E-state index contributed by atoms with van der Waals surface area (Å²) in [6, 6.07) is 20.4. The Kier molecular flexibility index (Phi) is 7.45. The molecule has 2 heterocycles. The van der Waals surface area contributed by atoms with E-state index in [2.05, 4.69) is 4.90 Å². The highest BCUT2D eigenvalue weighted by Crippen LogP contribution is 2.47. The first-order valence-corrected chi connectivity index (χ1v) is 14.7. The normalized spacial score (nSPS) is 18.0. The van der Waals surface area contributed by atoms with E-state index in [1.807, 2.05) is 55.5 Å². The number of fused-ring (bicyclic) bond motifs is 1. The van der Waals surface area contributed by atoms with Crippen LogP contribution in [0.5, 0.6) is 17.2 Å². The summed E-state index contributed by atoms with van der Waals surface area (Å²) >= 11 is 0. The van der Waals surface area contributed by atoms with Gasteiger partial charge in [-0.3, -0.25) is 9.29 Å². The summed E-state index contributed by atoms with van der Waals surface area (Å²) in [6.45, 7) is 4.65. The van der Waals surface area contributed by atoms with Gasteiger partial charge in [-0.15, -0.1) is 0 Å². The van der Waals surface area contributed by atoms with E-state index in [9.17, 15) is 17.9 Å². The number of rotatable bonds is 9. The number of hydrogen-bond acceptors (Lipinski definition) is 6. The number of aromatic hydroxyl groups is 1. The number of nitrogens with zero attached hydrogens (tertiary/aromatic N) is 1. The molecule has 0 spiro atoms. The van der Waals surface area contributed by atoms with E-state index in [1.54, 1.807) is 18.2 Å². The van der Waals surface area contributed by atoms with Gasteiger partial charge in [-0.1, -0.05) is 36.4 Å². The smallest absolute Gasteiger partial charge is 0.151 e. The lowest BCUT2D eigenvalue weighted by Crippen LogP contribution is -2.49. The zero-order chi connectivity index (χ0) is 26.9. The molecule has 1 fully saturated rings. The Morgan fingerprint density at radius 2 is 1.76 bits per heavy atom. The van der Waals surface area contributed by atoms with Gasteiger partial charge >= 0.3 is 0 Å². The third-order valence-corrected chi connectivity index (χ3v) is 7.94. The zero-order valence-electron chi connectivity index (χ0n) is 21.6. The minimum Gasteiger partial charge on any atom is -0.508 e. The standard InChI is InChI=1S/C30H32FNO5S/c1-20-27-15-25(33)9-12-28(27)37-30(29(20)23-5-3-21(4-6-23)19-38(2,34)35)24-7-10-26(11-8-24)36-14-13-32-17-22(16-31)18-32/h3-12,15,22,30,33H,13-14,16-19H2,1-2H3. The molecule has 38 heavy (non-hydrogen) atoms. The second kappa shape index (κ2) is 10.8. The number of alkyl halides is 1. The predicted molar refractivity (Wildman–Crippen MR) is 147 cm³/mol. The topological polar surface area (TPSA) is 76.1 Å². The Morgan fingerprint density at radius 3 is 2.42 bits per heavy atom. The Bertz CT molecular complexity index is 1430. The molecule has 0 aromatic heterocycles. The summed E-state index contributed by atoms with van der Waals surface area (Å²) in [6.07, 6.45) is 0.822. The average Bonchev–Trinajstić information content (AvgIpc) is 2.86. The average molecular weight is 538 g/mol. The lowest BCUT2D eigenvalue weighted by molar-refractivity contribution is 0.0668. The number of ether oxygens (including phenoxy) is 2. The number of sulfone groups is 1. The molecule has 3 aromatic carbocycles. The number of likely N-dealkylation sites (tertiary alicyclic amines) is 1. The number of benzene rings is 3. The number of phenols is 1. The van der Waals surface area contributed by atoms with Crippen molar-refractivity contribution >= 4 is 21.0 Å². The summed E-state index contributed by atoms with van der Waals surface area (Å²) in [4.78, 5) is 2.19. The monoisotopic (exact) mass is 537 g/mol. The van der Waals surface area contributed by atoms with Crippen molar-refractivity contribution in [1.29, 1.82) is 0 Å². The minimum absolute atomic E-state index is 0.0163. The molecule has 0 amide bonds. The van der Waals surface area contributed by atoms with Crippen molar-refractivity contribution in [2.45, 2.75) is 18.8 Å². The van der Waals surface area contributed by atoms with Crippen molar-refractivity contribution in [3.05, 3.63) is 89.0 Å². The van der Waals surface area contributed by atoms with Crippen LogP contribution in [0.3, 0.4) is 0 Å². The molecule has 0 bridgehead atoms. The van der Waals surface area contributed by atoms with Gasteiger partial charge < -0.3 is 14.6 Å². The quantitative estimate of drug-likeness (QED) is 0.400. The van der Waals surface area contributed by atoms with Crippen LogP contribution in [0, 0.1) is 5.92 Å². The number of halogens is 1. The number of allylic oxidation sites excluding steroid dienone is 1. The van der Waals surface area contributed by atoms with E-state index >= 15 is 0 Å². The maximum Gasteiger partial charge on any atom is 0.151 e. The first-order valence-electron chi connectivity index (χ1n) is 12.7. The van der Waals surface area contributed by atoms with Crippen LogP contribution in [-0.4, -0.2) is 57.6 Å². The summed E-state index contributed by atoms with van der Waals surface area (Å²) < 4.78 is 48.5. The molecule has 0 aliphatic carbocycles. The van der Waals surface area contributed by atoms with Crippen LogP contribution in [0.2, 0.25) is 0 Å². The van der Waals surface area contributed by atoms with Gasteiger partial charge in [0.2, 0.25) is 0 Å². The largest absolute Gasteiger partial charge is 0.508 e. The summed E-state index contributed by atoms with van der Waals surface area (Å²) in [5.41, 5.74) is 5.32. The van der Waals surface area contributed by atoms with Crippen LogP contribution >= 0.6 is 0 Å². The summed E-state index contributed by atoms with van der Waals surface area (Å²) in [5, 5.41) is 10.1. The Balaban J connectivity index is 1.39. The van der Waals surface area contributed by atoms with Crippen LogP contribution in [-0.2, 0) is 15.6 Å². The van der Waals surface area contributed by atoms with Crippen molar-refractivity contribution in [3.8, 4) is 17.2 Å². The fourth-order valence-corrected chi connectivity index (χ4v) is 5.91. The van der Waals surface area contributed by atoms with Gasteiger partial charge in [0.25, 0.3) is 0 Å². The molecule has 2 aliphatic heterocycles. The number of phenolic OH excluding ortho intramolecular Hbond substituents is 1. The van der Waals surface area contributed by atoms with Crippen molar-refractivity contribution in [1.82, 2.24) is 4.90 Å². The van der Waals surface area contributed by atoms with Gasteiger partial charge in [-0.2, -0.15) is 0 Å². The molecule has 1 N–H and O–H groups in total. The maximum atomic E-state index is 12.6. The third-order valence-electron chi connectivity index (χ3n) is 7.08. The molecule has 0 radical (unpaired) electrons. The van der Waals surface area contributed by atoms with Gasteiger partial charge in [-0.05, 0) is 59.5 Å². The molecule has 200 valence electrons. The number of hydrogen-bond donors (Lipinski definition) is 1. The lowest BCUT2D eigenvalue weighted by atomic mass is 9.86. The van der Waals surface area contributed by atoms with E-state index in [1.165, 1.54) is 6.26 Å². The first kappa shape index (κ1) is 26.3. The molecular weight excluding hydrogens is 505 g/mol. The highest BCUT2D eigenvalue weighted by molar-refractivity contribution is 7.89. The summed E-state index contributed by atoms with van der Waals surface area (Å²) in [5.74, 6) is 1.75. The third kappa shape index (κ3) is 5.87. The molecule has 1 saturated heterocycles. The molecule has 3 aromatic rings. The van der Waals surface area contributed by atoms with E-state index < -0.39 is 15.9 Å². The maximum absolute atomic E-state index is 12.6. The van der Waals surface area contributed by atoms with Gasteiger partial charge in [0.05, 0.1) is 12.4 Å². The van der Waals surface area contributed by atoms with Gasteiger partial charge in [-0.25, -0.2) is 8.42 Å². The molecule has 1 unspecified atom stereocenters. The van der Waals surface area contributed by atoms with E-state index in [0.29, 0.717) is 12.4 Å². The summed E-state index contributed by atoms with van der Waals surface area (Å²) in [7, 11) is -3.14. The second-order valence-corrected chi connectivity index (χ2v) is 12.3. The van der Waals surface area contributed by atoms with Crippen molar-refractivity contribution in [2.24, 2.45) is 5.92 Å². The molecule has 5 rings (SSSR count). The molecule has 2 aliphatic rings. The van der Waals surface area contributed by atoms with Gasteiger partial charge in [0.1, 0.15) is 30.0 Å². The molecule has 1 atom stereocenters. The Morgan fingerprint density at radius 1 is 1.05 bits per heavy atom. The van der Waals surface area contributed by atoms with E-state index in [-0.39, 0.29) is 24.1 Å². The van der Waals surface area contributed by atoms with Gasteiger partial charge in [0.15, 0.2) is 9.84 Å². The second-order valence-electron chi connectivity index (χ2n) is 10.2. The fraction of sp³-hybridized carbons (Fsp3) is 0.333. The molecule has 0 saturated carbocycles. The fourth-order valence-electron chi connectivity index (χ4n) is 5.12. The van der Waals surface area contributed by atoms with Crippen LogP contribution < -0.4 is 9.47 Å². The van der Waals surface area contributed by atoms with Crippen LogP contribution in [0.15, 0.2) is 66.7 Å². The van der Waals surface area contributed by atoms with E-state index in [0.717, 1.165) is 58.8 Å². The SMILES string of the molecule is CC1=C(c2ccc(CS(C)(=O)=O)cc2)C(c2ccc(OCCN3CC(CF)C3)cc2)Oc2ccc(O)cc21. The van der Waals surface area contributed by atoms with Gasteiger partial charge in [0, 0.05) is 42.9 Å². The van der Waals surface area contributed by atoms with Crippen LogP contribution in [0.1, 0.15) is 35.3 Å². The lowest BCUT2D eigenvalue weighted by Gasteiger charge is -2.37. The highest BCUT2D eigenvalue weighted by Gasteiger charge is 2.30. The first-order chi connectivity index (χ1) is 18.2. The zero-order valence-corrected chi connectivity index (χ0v) is 22.4. The van der Waals surface area contributed by atoms with Crippen LogP contribution in [0.4, 0.5) is 4.39 Å². The van der Waals surface area contributed by atoms with E-state index in [4.69, 9.17) is 9.47 Å². The predicted octanol–water partition coefficient (Wildman–Crippen LogP) is 5.28. The van der Waals surface area contributed by atoms with Crippen molar-refractivity contribution in [2.75, 3.05) is 39.2 Å². The molecular formula is C30H32FNO5S. The highest BCUT2D eigenvalue weighted by atomic mass is 32.2. The van der Waals surface area contributed by atoms with Crippen LogP contribution in [0.25, 0.3) is 11.1 Å². The molecule has 6 nitrogen and oxygen atoms in total. The Labute approximate surface area is 223 Å². The minimum atomic E-state index is -3.14. The molecule has 8 heteroatoms. The Hall–Kier alpha value is -3.36.